The Balaban J connectivity index is 1.41. The van der Waals surface area contributed by atoms with Gasteiger partial charge in [0.05, 0.1) is 38.4 Å². The lowest BCUT2D eigenvalue weighted by molar-refractivity contribution is 0.0370. The van der Waals surface area contributed by atoms with Crippen LogP contribution in [-0.2, 0) is 24.2 Å². The summed E-state index contributed by atoms with van der Waals surface area (Å²) in [6.07, 6.45) is 15.0. The number of rotatable bonds is 19. The summed E-state index contributed by atoms with van der Waals surface area (Å²) in [6, 6.07) is 3.50. The molecule has 0 amide bonds. The molecule has 1 aromatic heterocycles. The molecule has 0 radical (unpaired) electrons. The summed E-state index contributed by atoms with van der Waals surface area (Å²) in [5.41, 5.74) is 4.34. The highest BCUT2D eigenvalue weighted by Gasteiger charge is 2.24. The van der Waals surface area contributed by atoms with Crippen molar-refractivity contribution in [1.82, 2.24) is 9.80 Å². The van der Waals surface area contributed by atoms with E-state index in [-0.39, 0.29) is 28.8 Å². The summed E-state index contributed by atoms with van der Waals surface area (Å²) in [7, 11) is 0. The van der Waals surface area contributed by atoms with Gasteiger partial charge in [-0.05, 0) is 124 Å². The van der Waals surface area contributed by atoms with Crippen LogP contribution in [0.1, 0.15) is 102 Å². The number of allylic oxidation sites excluding steroid dienone is 4. The molecular weight excluding hydrogens is 656 g/mol. The summed E-state index contributed by atoms with van der Waals surface area (Å²) >= 11 is 0. The number of phenols is 1. The highest BCUT2D eigenvalue weighted by Crippen LogP contribution is 2.39. The first kappa shape index (κ1) is 39.8. The second-order valence-corrected chi connectivity index (χ2v) is 15.0. The molecule has 286 valence electrons. The molecule has 0 spiro atoms. The number of aliphatic hydroxyl groups is 1. The Labute approximate surface area is 310 Å². The Hall–Kier alpha value is -3.37. The number of likely N-dealkylation sites (tertiary alicyclic amines) is 1. The van der Waals surface area contributed by atoms with Crippen molar-refractivity contribution in [3.63, 3.8) is 0 Å². The van der Waals surface area contributed by atoms with Gasteiger partial charge in [0.25, 0.3) is 0 Å². The quantitative estimate of drug-likeness (QED) is 0.0723. The predicted molar refractivity (Wildman–Crippen MR) is 210 cm³/mol. The van der Waals surface area contributed by atoms with Crippen LogP contribution in [0.15, 0.2) is 44.6 Å². The van der Waals surface area contributed by atoms with Gasteiger partial charge in [-0.2, -0.15) is 0 Å². The van der Waals surface area contributed by atoms with E-state index in [0.717, 1.165) is 89.1 Å². The molecule has 9 heteroatoms. The van der Waals surface area contributed by atoms with Gasteiger partial charge in [-0.3, -0.25) is 9.69 Å². The number of benzene rings is 2. The third kappa shape index (κ3) is 10.8. The molecule has 2 saturated heterocycles. The van der Waals surface area contributed by atoms with E-state index in [4.69, 9.17) is 18.6 Å². The molecule has 3 heterocycles. The maximum Gasteiger partial charge on any atom is 0.204 e. The fraction of sp³-hybridized carbons (Fsp3) is 0.605. The van der Waals surface area contributed by atoms with E-state index in [1.165, 1.54) is 32.4 Å². The Morgan fingerprint density at radius 2 is 1.25 bits per heavy atom. The number of hydrogen-bond acceptors (Lipinski definition) is 9. The van der Waals surface area contributed by atoms with E-state index in [2.05, 4.69) is 9.80 Å². The van der Waals surface area contributed by atoms with Crippen molar-refractivity contribution in [3.05, 3.63) is 62.3 Å². The molecule has 9 nitrogen and oxygen atoms in total. The largest absolute Gasteiger partial charge is 0.507 e. The van der Waals surface area contributed by atoms with E-state index in [1.54, 1.807) is 12.1 Å². The first-order valence-corrected chi connectivity index (χ1v) is 19.7. The zero-order valence-electron chi connectivity index (χ0n) is 32.2. The lowest BCUT2D eigenvalue weighted by Gasteiger charge is -2.26. The maximum atomic E-state index is 14.4. The van der Waals surface area contributed by atoms with Crippen LogP contribution < -0.4 is 14.9 Å². The number of nitrogens with zero attached hydrogens (tertiary/aromatic N) is 2. The second kappa shape index (κ2) is 20.2. The fourth-order valence-electron chi connectivity index (χ4n) is 7.33. The molecule has 2 fully saturated rings. The maximum absolute atomic E-state index is 14.4. The van der Waals surface area contributed by atoms with E-state index < -0.39 is 0 Å². The van der Waals surface area contributed by atoms with Crippen LogP contribution in [0.25, 0.3) is 21.9 Å². The van der Waals surface area contributed by atoms with Crippen LogP contribution in [0.2, 0.25) is 0 Å². The molecule has 2 aromatic carbocycles. The first-order valence-electron chi connectivity index (χ1n) is 19.7. The highest BCUT2D eigenvalue weighted by molar-refractivity contribution is 5.97. The van der Waals surface area contributed by atoms with Gasteiger partial charge >= 0.3 is 0 Å². The van der Waals surface area contributed by atoms with Gasteiger partial charge in [0.15, 0.2) is 0 Å². The minimum absolute atomic E-state index is 0.109. The number of hydrogen-bond donors (Lipinski definition) is 2. The Morgan fingerprint density at radius 1 is 0.712 bits per heavy atom. The van der Waals surface area contributed by atoms with Crippen molar-refractivity contribution >= 4 is 21.9 Å². The van der Waals surface area contributed by atoms with Crippen LogP contribution in [0, 0.1) is 0 Å². The lowest BCUT2D eigenvalue weighted by Crippen LogP contribution is -2.36. The summed E-state index contributed by atoms with van der Waals surface area (Å²) in [6.45, 7) is 17.0. The predicted octanol–water partition coefficient (Wildman–Crippen LogP) is 8.08. The van der Waals surface area contributed by atoms with E-state index >= 15 is 0 Å². The Kier molecular flexibility index (Phi) is 15.5. The molecule has 52 heavy (non-hydrogen) atoms. The minimum atomic E-state index is -0.321. The van der Waals surface area contributed by atoms with Crippen molar-refractivity contribution in [2.24, 2.45) is 0 Å². The number of phenolic OH excluding ortho intramolecular Hbond substituents is 1. The normalized spacial score (nSPS) is 15.6. The number of piperidine rings is 1. The number of ether oxygens (including phenoxy) is 3. The van der Waals surface area contributed by atoms with Crippen LogP contribution in [0.4, 0.5) is 0 Å². The topological polar surface area (TPSA) is 105 Å². The number of morpholine rings is 1. The van der Waals surface area contributed by atoms with Crippen LogP contribution in [0.5, 0.6) is 17.2 Å². The minimum Gasteiger partial charge on any atom is -0.507 e. The van der Waals surface area contributed by atoms with Crippen molar-refractivity contribution in [1.29, 1.82) is 0 Å². The van der Waals surface area contributed by atoms with E-state index in [0.29, 0.717) is 65.2 Å². The number of unbranched alkanes of at least 4 members (excludes halogenated alkanes) is 4. The SMILES string of the molecule is CC(C)=CCc1c(OCCCCCN2CCCCC2)cc2oc3cc(OCCCCCN4CCOCC4)c(CO)c(CC=C(C)C)c3c(=O)c2c1O. The van der Waals surface area contributed by atoms with Crippen molar-refractivity contribution in [2.45, 2.75) is 105 Å². The lowest BCUT2D eigenvalue weighted by atomic mass is 9.95. The molecule has 2 aliphatic rings. The van der Waals surface area contributed by atoms with Crippen molar-refractivity contribution in [2.75, 3.05) is 65.7 Å². The molecule has 0 saturated carbocycles. The summed E-state index contributed by atoms with van der Waals surface area (Å²) < 4.78 is 24.6. The van der Waals surface area contributed by atoms with E-state index in [9.17, 15) is 15.0 Å². The molecule has 0 unspecified atom stereocenters. The molecule has 2 aliphatic heterocycles. The Morgan fingerprint density at radius 3 is 1.83 bits per heavy atom. The molecular formula is C43H62N2O7. The second-order valence-electron chi connectivity index (χ2n) is 15.0. The summed E-state index contributed by atoms with van der Waals surface area (Å²) in [5.74, 6) is 0.946. The van der Waals surface area contributed by atoms with Gasteiger partial charge in [0.2, 0.25) is 5.43 Å². The first-order chi connectivity index (χ1) is 25.3. The number of aromatic hydroxyl groups is 1. The summed E-state index contributed by atoms with van der Waals surface area (Å²) in [4.78, 5) is 19.4. The average Bonchev–Trinajstić information content (AvgIpc) is 3.13. The monoisotopic (exact) mass is 718 g/mol. The van der Waals surface area contributed by atoms with Gasteiger partial charge in [-0.15, -0.1) is 0 Å². The van der Waals surface area contributed by atoms with Crippen molar-refractivity contribution in [3.8, 4) is 17.2 Å². The van der Waals surface area contributed by atoms with Gasteiger partial charge in [0, 0.05) is 36.3 Å². The average molecular weight is 719 g/mol. The fourth-order valence-corrected chi connectivity index (χ4v) is 7.33. The van der Waals surface area contributed by atoms with Gasteiger partial charge < -0.3 is 33.7 Å². The van der Waals surface area contributed by atoms with E-state index in [1.807, 2.05) is 39.8 Å². The summed E-state index contributed by atoms with van der Waals surface area (Å²) in [5, 5.41) is 22.9. The zero-order valence-corrected chi connectivity index (χ0v) is 32.2. The highest BCUT2D eigenvalue weighted by atomic mass is 16.5. The number of fused-ring (bicyclic) bond motifs is 2. The van der Waals surface area contributed by atoms with Crippen molar-refractivity contribution < 1.29 is 28.8 Å². The molecule has 0 aliphatic carbocycles. The number of aliphatic hydroxyl groups excluding tert-OH is 1. The van der Waals surface area contributed by atoms with Crippen LogP contribution >= 0.6 is 0 Å². The Bertz CT molecular complexity index is 1720. The molecule has 0 atom stereocenters. The van der Waals surface area contributed by atoms with Gasteiger partial charge in [-0.25, -0.2) is 0 Å². The third-order valence-corrected chi connectivity index (χ3v) is 10.4. The van der Waals surface area contributed by atoms with Crippen LogP contribution in [-0.4, -0.2) is 85.7 Å². The van der Waals surface area contributed by atoms with Gasteiger partial charge in [0.1, 0.15) is 33.8 Å². The standard InChI is InChI=1S/C43H62N2O7/c1-31(2)14-16-33-35(30-46)37(51-25-13-7-11-21-45-22-26-49-27-23-45)29-38-40(33)43(48)41-39(52-38)28-36(34(42(41)47)17-15-32(3)4)50-24-12-6-10-20-44-18-8-5-9-19-44/h14-15,28-29,46-47H,5-13,16-27,30H2,1-4H3. The van der Waals surface area contributed by atoms with Crippen LogP contribution in [0.3, 0.4) is 0 Å². The van der Waals surface area contributed by atoms with Gasteiger partial charge in [-0.1, -0.05) is 29.7 Å². The third-order valence-electron chi connectivity index (χ3n) is 10.4. The molecule has 3 aromatic rings. The molecule has 0 bridgehead atoms. The zero-order chi connectivity index (χ0) is 36.9. The smallest absolute Gasteiger partial charge is 0.204 e. The molecule has 2 N–H and O–H groups in total. The molecule has 5 rings (SSSR count).